The van der Waals surface area contributed by atoms with Crippen LogP contribution < -0.4 is 0 Å². The molecule has 0 heterocycles. The molecule has 2 nitrogen and oxygen atoms in total. The third-order valence-electron chi connectivity index (χ3n) is 2.90. The van der Waals surface area contributed by atoms with Crippen molar-refractivity contribution in [1.82, 2.24) is 0 Å². The van der Waals surface area contributed by atoms with Crippen molar-refractivity contribution in [2.75, 3.05) is 13.7 Å². The van der Waals surface area contributed by atoms with E-state index in [-0.39, 0.29) is 5.41 Å². The molecule has 1 aliphatic carbocycles. The SMILES string of the molecule is COCCC1(C=O)CCCCC1. The van der Waals surface area contributed by atoms with Gasteiger partial charge in [0.05, 0.1) is 0 Å². The van der Waals surface area contributed by atoms with Crippen molar-refractivity contribution < 1.29 is 9.53 Å². The Labute approximate surface area is 74.3 Å². The lowest BCUT2D eigenvalue weighted by molar-refractivity contribution is -0.119. The quantitative estimate of drug-likeness (QED) is 0.604. The highest BCUT2D eigenvalue weighted by atomic mass is 16.5. The van der Waals surface area contributed by atoms with Crippen LogP contribution in [0.15, 0.2) is 0 Å². The summed E-state index contributed by atoms with van der Waals surface area (Å²) in [6, 6.07) is 0. The van der Waals surface area contributed by atoms with Crippen LogP contribution >= 0.6 is 0 Å². The summed E-state index contributed by atoms with van der Waals surface area (Å²) in [7, 11) is 1.70. The van der Waals surface area contributed by atoms with E-state index in [1.165, 1.54) is 19.3 Å². The summed E-state index contributed by atoms with van der Waals surface area (Å²) in [6.07, 6.45) is 7.92. The minimum atomic E-state index is -0.0335. The molecule has 0 aliphatic heterocycles. The van der Waals surface area contributed by atoms with Crippen LogP contribution in [0.5, 0.6) is 0 Å². The van der Waals surface area contributed by atoms with Gasteiger partial charge in [-0.2, -0.15) is 0 Å². The molecule has 12 heavy (non-hydrogen) atoms. The summed E-state index contributed by atoms with van der Waals surface area (Å²) in [6.45, 7) is 0.721. The van der Waals surface area contributed by atoms with Gasteiger partial charge in [-0.05, 0) is 19.3 Å². The molecule has 0 aromatic rings. The molecule has 2 heteroatoms. The van der Waals surface area contributed by atoms with Gasteiger partial charge in [0.25, 0.3) is 0 Å². The Bertz CT molecular complexity index is 137. The molecule has 1 rings (SSSR count). The molecule has 0 atom stereocenters. The van der Waals surface area contributed by atoms with E-state index in [4.69, 9.17) is 4.74 Å². The van der Waals surface area contributed by atoms with Gasteiger partial charge in [-0.1, -0.05) is 19.3 Å². The van der Waals surface area contributed by atoms with Gasteiger partial charge in [0.2, 0.25) is 0 Å². The maximum atomic E-state index is 10.9. The Hall–Kier alpha value is -0.370. The van der Waals surface area contributed by atoms with E-state index in [0.29, 0.717) is 0 Å². The molecule has 0 unspecified atom stereocenters. The van der Waals surface area contributed by atoms with E-state index in [0.717, 1.165) is 32.2 Å². The molecule has 1 aliphatic rings. The first-order valence-electron chi connectivity index (χ1n) is 4.78. The second-order valence-electron chi connectivity index (χ2n) is 3.78. The number of carbonyl (C=O) groups excluding carboxylic acids is 1. The Morgan fingerprint density at radius 3 is 2.50 bits per heavy atom. The van der Waals surface area contributed by atoms with Crippen molar-refractivity contribution in [1.29, 1.82) is 0 Å². The van der Waals surface area contributed by atoms with Crippen molar-refractivity contribution in [2.45, 2.75) is 38.5 Å². The molecule has 0 saturated heterocycles. The fourth-order valence-electron chi connectivity index (χ4n) is 1.99. The molecule has 1 fully saturated rings. The van der Waals surface area contributed by atoms with Crippen LogP contribution in [0.1, 0.15) is 38.5 Å². The summed E-state index contributed by atoms with van der Waals surface area (Å²) in [5.41, 5.74) is -0.0335. The standard InChI is InChI=1S/C10H18O2/c1-12-8-7-10(9-11)5-3-2-4-6-10/h9H,2-8H2,1H3. The lowest BCUT2D eigenvalue weighted by atomic mass is 9.73. The number of carbonyl (C=O) groups is 1. The molecule has 0 N–H and O–H groups in total. The number of aldehydes is 1. The number of hydrogen-bond acceptors (Lipinski definition) is 2. The minimum Gasteiger partial charge on any atom is -0.385 e. The molecule has 0 aromatic heterocycles. The van der Waals surface area contributed by atoms with E-state index >= 15 is 0 Å². The predicted molar refractivity (Wildman–Crippen MR) is 48.1 cm³/mol. The van der Waals surface area contributed by atoms with Crippen LogP contribution in [-0.4, -0.2) is 20.0 Å². The normalized spacial score (nSPS) is 22.1. The number of rotatable bonds is 4. The monoisotopic (exact) mass is 170 g/mol. The summed E-state index contributed by atoms with van der Waals surface area (Å²) in [5, 5.41) is 0. The van der Waals surface area contributed by atoms with Crippen LogP contribution in [0.2, 0.25) is 0 Å². The first-order chi connectivity index (χ1) is 5.83. The average Bonchev–Trinajstić information content (AvgIpc) is 2.16. The van der Waals surface area contributed by atoms with Crippen molar-refractivity contribution in [2.24, 2.45) is 5.41 Å². The van der Waals surface area contributed by atoms with Crippen LogP contribution in [0.4, 0.5) is 0 Å². The fraction of sp³-hybridized carbons (Fsp3) is 0.900. The lowest BCUT2D eigenvalue weighted by Crippen LogP contribution is -2.27. The van der Waals surface area contributed by atoms with Crippen molar-refractivity contribution in [3.63, 3.8) is 0 Å². The molecule has 0 spiro atoms. The van der Waals surface area contributed by atoms with E-state index in [2.05, 4.69) is 0 Å². The highest BCUT2D eigenvalue weighted by Gasteiger charge is 2.30. The van der Waals surface area contributed by atoms with Gasteiger partial charge in [-0.25, -0.2) is 0 Å². The van der Waals surface area contributed by atoms with E-state index in [1.807, 2.05) is 0 Å². The predicted octanol–water partition coefficient (Wildman–Crippen LogP) is 2.17. The molecule has 0 aromatic carbocycles. The molecular weight excluding hydrogens is 152 g/mol. The molecule has 70 valence electrons. The maximum Gasteiger partial charge on any atom is 0.126 e. The van der Waals surface area contributed by atoms with E-state index < -0.39 is 0 Å². The zero-order valence-corrected chi connectivity index (χ0v) is 7.84. The van der Waals surface area contributed by atoms with Crippen LogP contribution in [0.25, 0.3) is 0 Å². The highest BCUT2D eigenvalue weighted by Crippen LogP contribution is 2.37. The Kier molecular flexibility index (Phi) is 3.73. The molecule has 0 amide bonds. The van der Waals surface area contributed by atoms with Gasteiger partial charge in [-0.3, -0.25) is 0 Å². The van der Waals surface area contributed by atoms with Gasteiger partial charge in [0.1, 0.15) is 6.29 Å². The Morgan fingerprint density at radius 2 is 2.00 bits per heavy atom. The average molecular weight is 170 g/mol. The summed E-state index contributed by atoms with van der Waals surface area (Å²) < 4.78 is 5.01. The zero-order valence-electron chi connectivity index (χ0n) is 7.84. The van der Waals surface area contributed by atoms with E-state index in [9.17, 15) is 4.79 Å². The number of methoxy groups -OCH3 is 1. The molecule has 1 saturated carbocycles. The highest BCUT2D eigenvalue weighted by molar-refractivity contribution is 5.59. The third-order valence-corrected chi connectivity index (χ3v) is 2.90. The second kappa shape index (κ2) is 4.61. The van der Waals surface area contributed by atoms with Gasteiger partial charge in [0, 0.05) is 19.1 Å². The third kappa shape index (κ3) is 2.31. The topological polar surface area (TPSA) is 26.3 Å². The molecular formula is C10H18O2. The summed E-state index contributed by atoms with van der Waals surface area (Å²) in [4.78, 5) is 10.9. The van der Waals surface area contributed by atoms with Crippen molar-refractivity contribution in [3.05, 3.63) is 0 Å². The first-order valence-corrected chi connectivity index (χ1v) is 4.78. The molecule has 0 bridgehead atoms. The van der Waals surface area contributed by atoms with Gasteiger partial charge >= 0.3 is 0 Å². The number of hydrogen-bond donors (Lipinski definition) is 0. The Balaban J connectivity index is 2.42. The van der Waals surface area contributed by atoms with Crippen molar-refractivity contribution >= 4 is 6.29 Å². The lowest BCUT2D eigenvalue weighted by Gasteiger charge is -2.31. The summed E-state index contributed by atoms with van der Waals surface area (Å²) >= 11 is 0. The van der Waals surface area contributed by atoms with Crippen LogP contribution in [0, 0.1) is 5.41 Å². The molecule has 0 radical (unpaired) electrons. The summed E-state index contributed by atoms with van der Waals surface area (Å²) in [5.74, 6) is 0. The Morgan fingerprint density at radius 1 is 1.33 bits per heavy atom. The smallest absolute Gasteiger partial charge is 0.126 e. The zero-order chi connectivity index (χ0) is 8.86. The van der Waals surface area contributed by atoms with Gasteiger partial charge in [-0.15, -0.1) is 0 Å². The number of ether oxygens (including phenoxy) is 1. The minimum absolute atomic E-state index is 0.0335. The maximum absolute atomic E-state index is 10.9. The van der Waals surface area contributed by atoms with Gasteiger partial charge < -0.3 is 9.53 Å². The van der Waals surface area contributed by atoms with Gasteiger partial charge in [0.15, 0.2) is 0 Å². The fourth-order valence-corrected chi connectivity index (χ4v) is 1.99. The first kappa shape index (κ1) is 9.72. The second-order valence-corrected chi connectivity index (χ2v) is 3.78. The largest absolute Gasteiger partial charge is 0.385 e. The van der Waals surface area contributed by atoms with Crippen molar-refractivity contribution in [3.8, 4) is 0 Å². The van der Waals surface area contributed by atoms with Crippen LogP contribution in [-0.2, 0) is 9.53 Å². The van der Waals surface area contributed by atoms with E-state index in [1.54, 1.807) is 7.11 Å². The van der Waals surface area contributed by atoms with Crippen LogP contribution in [0.3, 0.4) is 0 Å².